The topological polar surface area (TPSA) is 18.5 Å². The molecule has 0 atom stereocenters. The van der Waals surface area contributed by atoms with E-state index in [1.54, 1.807) is 0 Å². The highest BCUT2D eigenvalue weighted by Crippen LogP contribution is 2.37. The van der Waals surface area contributed by atoms with Crippen LogP contribution >= 0.6 is 0 Å². The molecule has 0 fully saturated rings. The van der Waals surface area contributed by atoms with Crippen LogP contribution in [0.1, 0.15) is 50.7 Å². The highest BCUT2D eigenvalue weighted by molar-refractivity contribution is 5.64. The molecule has 1 aromatic carbocycles. The van der Waals surface area contributed by atoms with Gasteiger partial charge in [0.05, 0.1) is 11.4 Å². The Hall–Kier alpha value is -2.00. The van der Waals surface area contributed by atoms with Crippen molar-refractivity contribution < 1.29 is 0 Å². The van der Waals surface area contributed by atoms with Gasteiger partial charge in [0, 0.05) is 19.2 Å². The van der Waals surface area contributed by atoms with Crippen LogP contribution in [0.2, 0.25) is 0 Å². The molecule has 0 amide bonds. The minimum absolute atomic E-state index is 0.353. The lowest BCUT2D eigenvalue weighted by Gasteiger charge is -2.28. The summed E-state index contributed by atoms with van der Waals surface area (Å²) in [6.45, 7) is 9.04. The van der Waals surface area contributed by atoms with E-state index in [2.05, 4.69) is 99.0 Å². The zero-order chi connectivity index (χ0) is 16.6. The largest absolute Gasteiger partial charge is 0.295 e. The molecule has 3 nitrogen and oxygen atoms in total. The SMILES string of the molecule is CC(C)c1cccc(C(C)C)c1N1C=C(C2C=CC=C2)N(C)N1. The second kappa shape index (κ2) is 6.25. The van der Waals surface area contributed by atoms with Gasteiger partial charge in [-0.3, -0.25) is 10.0 Å². The zero-order valence-electron chi connectivity index (χ0n) is 14.7. The lowest BCUT2D eigenvalue weighted by molar-refractivity contribution is 0.317. The standard InChI is InChI=1S/C20H27N3/c1-14(2)17-11-8-12-18(15(3)4)20(17)23-13-19(22(5)21-23)16-9-6-7-10-16/h6-16,21H,1-5H3. The van der Waals surface area contributed by atoms with Crippen LogP contribution in [0.3, 0.4) is 0 Å². The van der Waals surface area contributed by atoms with Crippen molar-refractivity contribution in [2.24, 2.45) is 5.92 Å². The van der Waals surface area contributed by atoms with Gasteiger partial charge in [0.1, 0.15) is 0 Å². The van der Waals surface area contributed by atoms with Gasteiger partial charge in [-0.05, 0) is 23.0 Å². The van der Waals surface area contributed by atoms with Crippen molar-refractivity contribution in [2.45, 2.75) is 39.5 Å². The van der Waals surface area contributed by atoms with Gasteiger partial charge in [0.15, 0.2) is 0 Å². The van der Waals surface area contributed by atoms with E-state index in [1.807, 2.05) is 0 Å². The van der Waals surface area contributed by atoms with Crippen molar-refractivity contribution >= 4 is 5.69 Å². The van der Waals surface area contributed by atoms with E-state index in [1.165, 1.54) is 22.5 Å². The molecule has 0 spiro atoms. The third-order valence-electron chi connectivity index (χ3n) is 4.58. The van der Waals surface area contributed by atoms with Crippen LogP contribution < -0.4 is 10.5 Å². The van der Waals surface area contributed by atoms with Crippen LogP contribution in [0.25, 0.3) is 0 Å². The number of hydrogen-bond acceptors (Lipinski definition) is 3. The Morgan fingerprint density at radius 1 is 0.957 bits per heavy atom. The Morgan fingerprint density at radius 2 is 1.52 bits per heavy atom. The number of hydrogen-bond donors (Lipinski definition) is 1. The molecular formula is C20H27N3. The first-order chi connectivity index (χ1) is 11.0. The quantitative estimate of drug-likeness (QED) is 0.870. The lowest BCUT2D eigenvalue weighted by Crippen LogP contribution is -2.39. The highest BCUT2D eigenvalue weighted by atomic mass is 15.8. The summed E-state index contributed by atoms with van der Waals surface area (Å²) in [5.74, 6) is 1.32. The molecule has 1 N–H and O–H groups in total. The number of nitrogens with one attached hydrogen (secondary N) is 1. The number of para-hydroxylation sites is 1. The first-order valence-corrected chi connectivity index (χ1v) is 8.47. The minimum Gasteiger partial charge on any atom is -0.295 e. The molecule has 3 rings (SSSR count). The van der Waals surface area contributed by atoms with Gasteiger partial charge in [-0.25, -0.2) is 0 Å². The third kappa shape index (κ3) is 2.93. The van der Waals surface area contributed by atoms with Crippen molar-refractivity contribution in [1.82, 2.24) is 10.5 Å². The molecule has 0 saturated carbocycles. The lowest BCUT2D eigenvalue weighted by atomic mass is 9.92. The van der Waals surface area contributed by atoms with E-state index >= 15 is 0 Å². The number of hydrazine groups is 2. The molecule has 0 radical (unpaired) electrons. The van der Waals surface area contributed by atoms with Crippen LogP contribution in [-0.2, 0) is 0 Å². The van der Waals surface area contributed by atoms with Crippen LogP contribution in [0.15, 0.2) is 54.4 Å². The summed E-state index contributed by atoms with van der Waals surface area (Å²) in [5, 5.41) is 4.31. The second-order valence-electron chi connectivity index (χ2n) is 6.97. The molecule has 1 heterocycles. The fraction of sp³-hybridized carbons (Fsp3) is 0.400. The normalized spacial score (nSPS) is 18.0. The number of rotatable bonds is 4. The fourth-order valence-electron chi connectivity index (χ4n) is 3.31. The molecule has 0 unspecified atom stereocenters. The highest BCUT2D eigenvalue weighted by Gasteiger charge is 2.27. The van der Waals surface area contributed by atoms with E-state index in [-0.39, 0.29) is 0 Å². The summed E-state index contributed by atoms with van der Waals surface area (Å²) < 4.78 is 0. The minimum atomic E-state index is 0.353. The molecule has 0 bridgehead atoms. The first kappa shape index (κ1) is 15.9. The van der Waals surface area contributed by atoms with Crippen LogP contribution in [0.4, 0.5) is 5.69 Å². The van der Waals surface area contributed by atoms with E-state index in [0.29, 0.717) is 17.8 Å². The molecule has 1 aliphatic carbocycles. The van der Waals surface area contributed by atoms with Crippen LogP contribution in [-0.4, -0.2) is 12.1 Å². The van der Waals surface area contributed by atoms with Gasteiger partial charge in [-0.2, -0.15) is 0 Å². The number of benzene rings is 1. The maximum atomic E-state index is 3.49. The summed E-state index contributed by atoms with van der Waals surface area (Å²) in [4.78, 5) is 0. The molecular weight excluding hydrogens is 282 g/mol. The summed E-state index contributed by atoms with van der Waals surface area (Å²) in [6.07, 6.45) is 10.9. The van der Waals surface area contributed by atoms with Gasteiger partial charge >= 0.3 is 0 Å². The Bertz CT molecular complexity index is 629. The second-order valence-corrected chi connectivity index (χ2v) is 6.97. The Labute approximate surface area is 139 Å². The predicted molar refractivity (Wildman–Crippen MR) is 97.9 cm³/mol. The molecule has 3 heteroatoms. The van der Waals surface area contributed by atoms with Crippen LogP contribution in [0, 0.1) is 5.92 Å². The molecule has 122 valence electrons. The zero-order valence-corrected chi connectivity index (χ0v) is 14.7. The van der Waals surface area contributed by atoms with Crippen molar-refractivity contribution in [3.8, 4) is 0 Å². The Balaban J connectivity index is 2.04. The molecule has 0 saturated heterocycles. The van der Waals surface area contributed by atoms with Crippen molar-refractivity contribution in [3.63, 3.8) is 0 Å². The number of anilines is 1. The summed E-state index contributed by atoms with van der Waals surface area (Å²) in [6, 6.07) is 6.67. The third-order valence-corrected chi connectivity index (χ3v) is 4.58. The molecule has 23 heavy (non-hydrogen) atoms. The molecule has 1 aromatic rings. The van der Waals surface area contributed by atoms with E-state index in [9.17, 15) is 0 Å². The van der Waals surface area contributed by atoms with Crippen LogP contribution in [0.5, 0.6) is 0 Å². The summed E-state index contributed by atoms with van der Waals surface area (Å²) in [7, 11) is 2.08. The van der Waals surface area contributed by atoms with E-state index < -0.39 is 0 Å². The van der Waals surface area contributed by atoms with Gasteiger partial charge in [0.25, 0.3) is 0 Å². The van der Waals surface area contributed by atoms with Gasteiger partial charge in [0.2, 0.25) is 0 Å². The maximum Gasteiger partial charge on any atom is 0.0658 e. The van der Waals surface area contributed by atoms with Crippen molar-refractivity contribution in [3.05, 3.63) is 65.5 Å². The van der Waals surface area contributed by atoms with Crippen molar-refractivity contribution in [1.29, 1.82) is 0 Å². The monoisotopic (exact) mass is 309 g/mol. The molecule has 1 aliphatic heterocycles. The maximum absolute atomic E-state index is 3.49. The smallest absolute Gasteiger partial charge is 0.0658 e. The van der Waals surface area contributed by atoms with Gasteiger partial charge < -0.3 is 0 Å². The van der Waals surface area contributed by atoms with Gasteiger partial charge in [-0.1, -0.05) is 70.2 Å². The van der Waals surface area contributed by atoms with E-state index in [0.717, 1.165) is 0 Å². The average Bonchev–Trinajstić information content (AvgIpc) is 3.15. The van der Waals surface area contributed by atoms with E-state index in [4.69, 9.17) is 0 Å². The fourth-order valence-corrected chi connectivity index (χ4v) is 3.31. The Morgan fingerprint density at radius 3 is 2.04 bits per heavy atom. The van der Waals surface area contributed by atoms with Crippen molar-refractivity contribution in [2.75, 3.05) is 12.1 Å². The summed E-state index contributed by atoms with van der Waals surface area (Å²) in [5.41, 5.74) is 8.82. The molecule has 2 aliphatic rings. The Kier molecular flexibility index (Phi) is 4.31. The number of allylic oxidation sites excluding steroid dienone is 3. The number of nitrogens with zero attached hydrogens (tertiary/aromatic N) is 2. The predicted octanol–water partition coefficient (Wildman–Crippen LogP) is 4.69. The molecule has 0 aromatic heterocycles. The van der Waals surface area contributed by atoms with Gasteiger partial charge in [-0.15, -0.1) is 5.53 Å². The first-order valence-electron chi connectivity index (χ1n) is 8.47. The average molecular weight is 309 g/mol. The summed E-state index contributed by atoms with van der Waals surface area (Å²) >= 11 is 0.